The van der Waals surface area contributed by atoms with Crippen LogP contribution in [-0.2, 0) is 0 Å². The van der Waals surface area contributed by atoms with Crippen molar-refractivity contribution in [2.24, 2.45) is 5.41 Å². The molecular weight excluding hydrogens is 182 g/mol. The fourth-order valence-electron chi connectivity index (χ4n) is 1.61. The molecule has 1 aliphatic rings. The van der Waals surface area contributed by atoms with Gasteiger partial charge in [-0.1, -0.05) is 13.8 Å². The molecule has 0 saturated carbocycles. The zero-order valence-electron chi connectivity index (χ0n) is 8.84. The summed E-state index contributed by atoms with van der Waals surface area (Å²) in [5.74, 6) is 2.45. The van der Waals surface area contributed by atoms with Gasteiger partial charge in [0, 0.05) is 17.8 Å². The molecular formula is C10H21NOS. The molecule has 2 N–H and O–H groups in total. The molecule has 1 fully saturated rings. The zero-order chi connectivity index (χ0) is 9.90. The van der Waals surface area contributed by atoms with E-state index in [1.807, 2.05) is 18.7 Å². The molecule has 0 aliphatic carbocycles. The van der Waals surface area contributed by atoms with E-state index in [2.05, 4.69) is 19.2 Å². The Morgan fingerprint density at radius 3 is 2.85 bits per heavy atom. The second-order valence-electron chi connectivity index (χ2n) is 4.62. The van der Waals surface area contributed by atoms with Crippen LogP contribution in [-0.4, -0.2) is 35.3 Å². The topological polar surface area (TPSA) is 32.3 Å². The van der Waals surface area contributed by atoms with E-state index >= 15 is 0 Å². The van der Waals surface area contributed by atoms with E-state index < -0.39 is 0 Å². The first-order chi connectivity index (χ1) is 6.06. The highest BCUT2D eigenvalue weighted by Gasteiger charge is 2.32. The fraction of sp³-hybridized carbons (Fsp3) is 1.00. The van der Waals surface area contributed by atoms with Crippen LogP contribution in [0.15, 0.2) is 0 Å². The summed E-state index contributed by atoms with van der Waals surface area (Å²) in [7, 11) is 0. The van der Waals surface area contributed by atoms with Crippen molar-refractivity contribution in [1.29, 1.82) is 0 Å². The minimum absolute atomic E-state index is 0.225. The van der Waals surface area contributed by atoms with E-state index in [1.54, 1.807) is 0 Å². The maximum Gasteiger partial charge on any atom is 0.0582 e. The Kier molecular flexibility index (Phi) is 4.07. The molecule has 1 unspecified atom stereocenters. The van der Waals surface area contributed by atoms with Gasteiger partial charge in [0.05, 0.1) is 6.61 Å². The third-order valence-corrected chi connectivity index (χ3v) is 3.94. The summed E-state index contributed by atoms with van der Waals surface area (Å²) in [6.07, 6.45) is 1.27. The number of rotatable bonds is 3. The van der Waals surface area contributed by atoms with Crippen LogP contribution in [0.5, 0.6) is 0 Å². The van der Waals surface area contributed by atoms with Gasteiger partial charge in [0.25, 0.3) is 0 Å². The summed E-state index contributed by atoms with van der Waals surface area (Å²) < 4.78 is 0. The van der Waals surface area contributed by atoms with Crippen LogP contribution in [0.2, 0.25) is 0 Å². The number of thioether (sulfide) groups is 1. The molecule has 0 aromatic heterocycles. The predicted molar refractivity (Wildman–Crippen MR) is 59.2 cm³/mol. The smallest absolute Gasteiger partial charge is 0.0582 e. The van der Waals surface area contributed by atoms with Gasteiger partial charge in [0.15, 0.2) is 0 Å². The molecule has 0 aromatic carbocycles. The number of hydrogen-bond acceptors (Lipinski definition) is 3. The number of nitrogens with one attached hydrogen (secondary N) is 1. The third kappa shape index (κ3) is 3.15. The van der Waals surface area contributed by atoms with Crippen molar-refractivity contribution in [3.8, 4) is 0 Å². The van der Waals surface area contributed by atoms with Crippen molar-refractivity contribution in [3.05, 3.63) is 0 Å². The molecule has 0 radical (unpaired) electrons. The molecule has 2 nitrogen and oxygen atoms in total. The van der Waals surface area contributed by atoms with Gasteiger partial charge in [0.1, 0.15) is 0 Å². The van der Waals surface area contributed by atoms with Gasteiger partial charge in [-0.15, -0.1) is 0 Å². The lowest BCUT2D eigenvalue weighted by atomic mass is 9.82. The second kappa shape index (κ2) is 4.67. The molecule has 2 atom stereocenters. The molecule has 0 bridgehead atoms. The Balaban J connectivity index is 2.46. The summed E-state index contributed by atoms with van der Waals surface area (Å²) in [6.45, 7) is 6.90. The lowest BCUT2D eigenvalue weighted by molar-refractivity contribution is 0.190. The zero-order valence-corrected chi connectivity index (χ0v) is 9.66. The number of aliphatic hydroxyl groups excluding tert-OH is 1. The van der Waals surface area contributed by atoms with Gasteiger partial charge in [0.2, 0.25) is 0 Å². The number of aliphatic hydroxyl groups is 1. The summed E-state index contributed by atoms with van der Waals surface area (Å²) >= 11 is 2.01. The maximum absolute atomic E-state index is 8.97. The Morgan fingerprint density at radius 1 is 1.62 bits per heavy atom. The van der Waals surface area contributed by atoms with Crippen molar-refractivity contribution in [3.63, 3.8) is 0 Å². The molecule has 1 heterocycles. The lowest BCUT2D eigenvalue weighted by Gasteiger charge is -2.40. The summed E-state index contributed by atoms with van der Waals surface area (Å²) in [6, 6.07) is 0.774. The van der Waals surface area contributed by atoms with Crippen LogP contribution in [0.3, 0.4) is 0 Å². The summed E-state index contributed by atoms with van der Waals surface area (Å²) in [5, 5.41) is 12.5. The number of hydrogen-bond donors (Lipinski definition) is 2. The molecule has 78 valence electrons. The first-order valence-electron chi connectivity index (χ1n) is 5.01. The molecule has 13 heavy (non-hydrogen) atoms. The van der Waals surface area contributed by atoms with Gasteiger partial charge in [-0.05, 0) is 24.5 Å². The molecule has 0 aromatic rings. The molecule has 1 rings (SSSR count). The van der Waals surface area contributed by atoms with Crippen molar-refractivity contribution >= 4 is 11.8 Å². The highest BCUT2D eigenvalue weighted by Crippen LogP contribution is 2.34. The van der Waals surface area contributed by atoms with Crippen molar-refractivity contribution in [2.75, 3.05) is 18.1 Å². The Labute approximate surface area is 85.5 Å². The van der Waals surface area contributed by atoms with E-state index in [-0.39, 0.29) is 12.6 Å². The minimum atomic E-state index is 0.225. The van der Waals surface area contributed by atoms with Crippen LogP contribution in [0.1, 0.15) is 27.2 Å². The largest absolute Gasteiger partial charge is 0.395 e. The van der Waals surface area contributed by atoms with Crippen LogP contribution >= 0.6 is 11.8 Å². The van der Waals surface area contributed by atoms with E-state index in [1.165, 1.54) is 17.9 Å². The molecule has 1 aliphatic heterocycles. The van der Waals surface area contributed by atoms with E-state index in [0.29, 0.717) is 11.5 Å². The Bertz CT molecular complexity index is 161. The highest BCUT2D eigenvalue weighted by molar-refractivity contribution is 7.99. The van der Waals surface area contributed by atoms with Crippen LogP contribution in [0, 0.1) is 5.41 Å². The standard InChI is InChI=1S/C10H21NOS/c1-8(6-12)11-9-7-13-5-4-10(9,2)3/h8-9,11-12H,4-7H2,1-3H3/t8-,9?/m1/s1. The first kappa shape index (κ1) is 11.3. The predicted octanol–water partition coefficient (Wildman–Crippen LogP) is 1.49. The molecule has 3 heteroatoms. The highest BCUT2D eigenvalue weighted by atomic mass is 32.2. The van der Waals surface area contributed by atoms with Crippen molar-refractivity contribution in [1.82, 2.24) is 5.32 Å². The van der Waals surface area contributed by atoms with E-state index in [4.69, 9.17) is 5.11 Å². The minimum Gasteiger partial charge on any atom is -0.395 e. The normalized spacial score (nSPS) is 30.0. The van der Waals surface area contributed by atoms with Crippen molar-refractivity contribution in [2.45, 2.75) is 39.3 Å². The SMILES string of the molecule is C[C@H](CO)NC1CSCCC1(C)C. The van der Waals surface area contributed by atoms with E-state index in [0.717, 1.165) is 0 Å². The lowest BCUT2D eigenvalue weighted by Crippen LogP contribution is -2.50. The van der Waals surface area contributed by atoms with Crippen LogP contribution < -0.4 is 5.32 Å². The Morgan fingerprint density at radius 2 is 2.31 bits per heavy atom. The quantitative estimate of drug-likeness (QED) is 0.729. The molecule has 0 spiro atoms. The van der Waals surface area contributed by atoms with Crippen molar-refractivity contribution < 1.29 is 5.11 Å². The van der Waals surface area contributed by atoms with E-state index in [9.17, 15) is 0 Å². The van der Waals surface area contributed by atoms with Crippen LogP contribution in [0.4, 0.5) is 0 Å². The second-order valence-corrected chi connectivity index (χ2v) is 5.77. The molecule has 1 saturated heterocycles. The molecule has 0 amide bonds. The average Bonchev–Trinajstić information content (AvgIpc) is 2.08. The Hall–Kier alpha value is 0.270. The van der Waals surface area contributed by atoms with Gasteiger partial charge >= 0.3 is 0 Å². The summed E-state index contributed by atoms with van der Waals surface area (Å²) in [5.41, 5.74) is 0.384. The summed E-state index contributed by atoms with van der Waals surface area (Å²) in [4.78, 5) is 0. The third-order valence-electron chi connectivity index (χ3n) is 2.88. The van der Waals surface area contributed by atoms with Gasteiger partial charge < -0.3 is 10.4 Å². The van der Waals surface area contributed by atoms with Crippen LogP contribution in [0.25, 0.3) is 0 Å². The monoisotopic (exact) mass is 203 g/mol. The maximum atomic E-state index is 8.97. The van der Waals surface area contributed by atoms with Gasteiger partial charge in [-0.2, -0.15) is 11.8 Å². The van der Waals surface area contributed by atoms with Gasteiger partial charge in [-0.25, -0.2) is 0 Å². The average molecular weight is 203 g/mol. The first-order valence-corrected chi connectivity index (χ1v) is 6.16. The van der Waals surface area contributed by atoms with Gasteiger partial charge in [-0.3, -0.25) is 0 Å². The fourth-order valence-corrected chi connectivity index (χ4v) is 3.23.